The Morgan fingerprint density at radius 2 is 1.86 bits per heavy atom. The molecule has 0 aromatic carbocycles. The van der Waals surface area contributed by atoms with Crippen LogP contribution >= 0.6 is 0 Å². The van der Waals surface area contributed by atoms with Crippen LogP contribution in [0.1, 0.15) is 32.4 Å². The minimum atomic E-state index is 0.227. The Bertz CT molecular complexity index is 334. The number of fused-ring (bicyclic) bond motifs is 1. The zero-order valence-corrected chi connectivity index (χ0v) is 9.41. The van der Waals surface area contributed by atoms with Crippen molar-refractivity contribution in [3.05, 3.63) is 11.6 Å². The van der Waals surface area contributed by atoms with Gasteiger partial charge in [-0.05, 0) is 27.7 Å². The van der Waals surface area contributed by atoms with Crippen LogP contribution in [0.5, 0.6) is 0 Å². The molecule has 1 aliphatic rings. The Balaban J connectivity index is 2.22. The van der Waals surface area contributed by atoms with E-state index in [2.05, 4.69) is 40.4 Å². The highest BCUT2D eigenvalue weighted by molar-refractivity contribution is 4.98. The molecule has 0 fully saturated rings. The summed E-state index contributed by atoms with van der Waals surface area (Å²) in [5, 5.41) is 8.29. The zero-order valence-electron chi connectivity index (χ0n) is 9.41. The van der Waals surface area contributed by atoms with Crippen LogP contribution in [0.4, 0.5) is 0 Å². The third kappa shape index (κ3) is 1.54. The number of hydrogen-bond donors (Lipinski definition) is 0. The smallest absolute Gasteiger partial charge is 0.147 e. The fraction of sp³-hybridized carbons (Fsp3) is 0.800. The fourth-order valence-corrected chi connectivity index (χ4v) is 1.88. The van der Waals surface area contributed by atoms with Crippen LogP contribution in [-0.2, 0) is 13.1 Å². The van der Waals surface area contributed by atoms with Gasteiger partial charge in [0.05, 0.1) is 6.54 Å². The van der Waals surface area contributed by atoms with E-state index in [1.807, 2.05) is 6.92 Å². The molecule has 0 unspecified atom stereocenters. The predicted octanol–water partition coefficient (Wildman–Crippen LogP) is 1.20. The first kappa shape index (κ1) is 9.65. The molecule has 0 atom stereocenters. The summed E-state index contributed by atoms with van der Waals surface area (Å²) in [5.74, 6) is 2.14. The molecule has 0 N–H and O–H groups in total. The number of aromatic nitrogens is 3. The summed E-state index contributed by atoms with van der Waals surface area (Å²) in [6.45, 7) is 11.8. The van der Waals surface area contributed by atoms with Gasteiger partial charge in [0.1, 0.15) is 11.6 Å². The molecule has 0 radical (unpaired) electrons. The second-order valence-corrected chi connectivity index (χ2v) is 4.91. The molecule has 2 heterocycles. The van der Waals surface area contributed by atoms with Crippen molar-refractivity contribution in [2.45, 2.75) is 46.3 Å². The Hall–Kier alpha value is -0.900. The molecule has 78 valence electrons. The van der Waals surface area contributed by atoms with Crippen LogP contribution < -0.4 is 0 Å². The second-order valence-electron chi connectivity index (χ2n) is 4.91. The van der Waals surface area contributed by atoms with Crippen molar-refractivity contribution in [2.75, 3.05) is 6.54 Å². The Labute approximate surface area is 84.9 Å². The van der Waals surface area contributed by atoms with Gasteiger partial charge in [0.15, 0.2) is 0 Å². The summed E-state index contributed by atoms with van der Waals surface area (Å²) < 4.78 is 2.21. The van der Waals surface area contributed by atoms with Gasteiger partial charge in [0.25, 0.3) is 0 Å². The lowest BCUT2D eigenvalue weighted by Crippen LogP contribution is -2.45. The van der Waals surface area contributed by atoms with E-state index >= 15 is 0 Å². The monoisotopic (exact) mass is 194 g/mol. The van der Waals surface area contributed by atoms with E-state index in [9.17, 15) is 0 Å². The molecular weight excluding hydrogens is 176 g/mol. The highest BCUT2D eigenvalue weighted by Gasteiger charge is 2.27. The van der Waals surface area contributed by atoms with Crippen LogP contribution in [0.25, 0.3) is 0 Å². The lowest BCUT2D eigenvalue weighted by atomic mass is 10.1. The van der Waals surface area contributed by atoms with Gasteiger partial charge in [-0.15, -0.1) is 10.2 Å². The topological polar surface area (TPSA) is 34.0 Å². The number of nitrogens with zero attached hydrogens (tertiary/aromatic N) is 4. The summed E-state index contributed by atoms with van der Waals surface area (Å²) in [7, 11) is 0. The maximum Gasteiger partial charge on any atom is 0.147 e. The standard InChI is InChI=1S/C10H18N4/c1-8-11-12-9-7-13(10(2,3)4)5-6-14(8)9/h5-7H2,1-4H3. The van der Waals surface area contributed by atoms with Gasteiger partial charge in [-0.25, -0.2) is 0 Å². The summed E-state index contributed by atoms with van der Waals surface area (Å²) in [6.07, 6.45) is 0. The van der Waals surface area contributed by atoms with Crippen LogP contribution in [0.2, 0.25) is 0 Å². The van der Waals surface area contributed by atoms with Crippen LogP contribution in [-0.4, -0.2) is 31.7 Å². The molecule has 0 saturated heterocycles. The van der Waals surface area contributed by atoms with E-state index in [1.54, 1.807) is 0 Å². The van der Waals surface area contributed by atoms with Crippen molar-refractivity contribution < 1.29 is 0 Å². The molecule has 4 nitrogen and oxygen atoms in total. The van der Waals surface area contributed by atoms with E-state index in [-0.39, 0.29) is 5.54 Å². The SMILES string of the molecule is Cc1nnc2n1CCN(C(C)(C)C)C2. The van der Waals surface area contributed by atoms with E-state index in [0.29, 0.717) is 0 Å². The molecule has 1 aromatic heterocycles. The quantitative estimate of drug-likeness (QED) is 0.622. The van der Waals surface area contributed by atoms with Gasteiger partial charge in [0, 0.05) is 18.6 Å². The molecule has 2 rings (SSSR count). The number of hydrogen-bond acceptors (Lipinski definition) is 3. The molecule has 0 spiro atoms. The summed E-state index contributed by atoms with van der Waals surface area (Å²) in [6, 6.07) is 0. The van der Waals surface area contributed by atoms with Gasteiger partial charge in [-0.1, -0.05) is 0 Å². The molecule has 0 bridgehead atoms. The summed E-state index contributed by atoms with van der Waals surface area (Å²) >= 11 is 0. The molecular formula is C10H18N4. The third-order valence-corrected chi connectivity index (χ3v) is 2.89. The molecule has 0 saturated carbocycles. The fourth-order valence-electron chi connectivity index (χ4n) is 1.88. The maximum absolute atomic E-state index is 4.19. The number of rotatable bonds is 0. The minimum Gasteiger partial charge on any atom is -0.313 e. The van der Waals surface area contributed by atoms with Gasteiger partial charge in [-0.2, -0.15) is 0 Å². The third-order valence-electron chi connectivity index (χ3n) is 2.89. The molecule has 4 heteroatoms. The normalized spacial score (nSPS) is 18.3. The van der Waals surface area contributed by atoms with Gasteiger partial charge in [0.2, 0.25) is 0 Å². The molecule has 1 aliphatic heterocycles. The minimum absolute atomic E-state index is 0.227. The summed E-state index contributed by atoms with van der Waals surface area (Å²) in [5.41, 5.74) is 0.227. The van der Waals surface area contributed by atoms with Crippen LogP contribution in [0.15, 0.2) is 0 Å². The van der Waals surface area contributed by atoms with Crippen LogP contribution in [0.3, 0.4) is 0 Å². The lowest BCUT2D eigenvalue weighted by Gasteiger charge is -2.38. The molecule has 14 heavy (non-hydrogen) atoms. The Morgan fingerprint density at radius 1 is 1.14 bits per heavy atom. The lowest BCUT2D eigenvalue weighted by molar-refractivity contribution is 0.0997. The average molecular weight is 194 g/mol. The Kier molecular flexibility index (Phi) is 2.10. The van der Waals surface area contributed by atoms with Crippen molar-refractivity contribution in [3.63, 3.8) is 0 Å². The number of aryl methyl sites for hydroxylation is 1. The maximum atomic E-state index is 4.19. The molecule has 0 amide bonds. The van der Waals surface area contributed by atoms with Crippen molar-refractivity contribution in [1.29, 1.82) is 0 Å². The predicted molar refractivity (Wildman–Crippen MR) is 54.9 cm³/mol. The largest absolute Gasteiger partial charge is 0.313 e. The van der Waals surface area contributed by atoms with Gasteiger partial charge < -0.3 is 4.57 Å². The first-order valence-corrected chi connectivity index (χ1v) is 5.12. The van der Waals surface area contributed by atoms with Crippen molar-refractivity contribution in [1.82, 2.24) is 19.7 Å². The molecule has 0 aliphatic carbocycles. The van der Waals surface area contributed by atoms with Gasteiger partial charge >= 0.3 is 0 Å². The average Bonchev–Trinajstić information content (AvgIpc) is 2.46. The van der Waals surface area contributed by atoms with E-state index in [0.717, 1.165) is 31.3 Å². The van der Waals surface area contributed by atoms with Crippen molar-refractivity contribution in [2.24, 2.45) is 0 Å². The van der Waals surface area contributed by atoms with E-state index in [4.69, 9.17) is 0 Å². The Morgan fingerprint density at radius 3 is 2.50 bits per heavy atom. The van der Waals surface area contributed by atoms with E-state index in [1.165, 1.54) is 0 Å². The van der Waals surface area contributed by atoms with Gasteiger partial charge in [-0.3, -0.25) is 4.90 Å². The first-order chi connectivity index (χ1) is 6.48. The summed E-state index contributed by atoms with van der Waals surface area (Å²) in [4.78, 5) is 2.44. The highest BCUT2D eigenvalue weighted by Crippen LogP contribution is 2.20. The van der Waals surface area contributed by atoms with Crippen molar-refractivity contribution >= 4 is 0 Å². The van der Waals surface area contributed by atoms with Crippen LogP contribution in [0, 0.1) is 6.92 Å². The molecule has 1 aromatic rings. The van der Waals surface area contributed by atoms with E-state index < -0.39 is 0 Å². The second kappa shape index (κ2) is 3.05. The highest BCUT2D eigenvalue weighted by atomic mass is 15.3. The zero-order chi connectivity index (χ0) is 10.3. The first-order valence-electron chi connectivity index (χ1n) is 5.12. The van der Waals surface area contributed by atoms with Crippen molar-refractivity contribution in [3.8, 4) is 0 Å².